The highest BCUT2D eigenvalue weighted by Gasteiger charge is 2.10. The second kappa shape index (κ2) is 5.91. The Labute approximate surface area is 120 Å². The van der Waals surface area contributed by atoms with Crippen molar-refractivity contribution in [2.24, 2.45) is 0 Å². The van der Waals surface area contributed by atoms with Crippen molar-refractivity contribution in [1.29, 1.82) is 0 Å². The first-order valence-electron chi connectivity index (χ1n) is 5.87. The van der Waals surface area contributed by atoms with Crippen LogP contribution in [0.5, 0.6) is 0 Å². The average molecular weight is 326 g/mol. The van der Waals surface area contributed by atoms with Gasteiger partial charge in [0, 0.05) is 39.9 Å². The van der Waals surface area contributed by atoms with Gasteiger partial charge in [-0.25, -0.2) is 4.98 Å². The molecule has 0 aliphatic carbocycles. The van der Waals surface area contributed by atoms with Crippen LogP contribution >= 0.6 is 27.3 Å². The van der Waals surface area contributed by atoms with Gasteiger partial charge in [0.25, 0.3) is 0 Å². The lowest BCUT2D eigenvalue weighted by atomic mass is 10.3. The number of nitrogens with one attached hydrogen (secondary N) is 1. The molecule has 0 saturated carbocycles. The van der Waals surface area contributed by atoms with Crippen LogP contribution in [0.25, 0.3) is 10.6 Å². The molecule has 0 amide bonds. The summed E-state index contributed by atoms with van der Waals surface area (Å²) in [4.78, 5) is 10.1. The monoisotopic (exact) mass is 325 g/mol. The molecule has 0 unspecified atom stereocenters. The number of hydrogen-bond donors (Lipinski definition) is 1. The molecule has 5 heteroatoms. The van der Waals surface area contributed by atoms with Crippen molar-refractivity contribution in [2.45, 2.75) is 33.4 Å². The molecule has 2 aromatic heterocycles. The SMILES string of the molecule is Cc1nc(-c2cncc(Br)c2)sc1CNC(C)C. The Kier molecular flexibility index (Phi) is 4.48. The van der Waals surface area contributed by atoms with E-state index >= 15 is 0 Å². The molecule has 0 aromatic carbocycles. The van der Waals surface area contributed by atoms with Crippen molar-refractivity contribution < 1.29 is 0 Å². The van der Waals surface area contributed by atoms with Gasteiger partial charge < -0.3 is 5.32 Å². The Morgan fingerprint density at radius 3 is 2.83 bits per heavy atom. The largest absolute Gasteiger partial charge is 0.310 e. The fourth-order valence-corrected chi connectivity index (χ4v) is 2.90. The molecule has 0 fully saturated rings. The van der Waals surface area contributed by atoms with E-state index in [2.05, 4.69) is 52.0 Å². The van der Waals surface area contributed by atoms with Gasteiger partial charge in [0.2, 0.25) is 0 Å². The number of aryl methyl sites for hydroxylation is 1. The molecule has 3 nitrogen and oxygen atoms in total. The number of rotatable bonds is 4. The molecule has 0 aliphatic rings. The molecular formula is C13H16BrN3S. The third kappa shape index (κ3) is 3.37. The highest BCUT2D eigenvalue weighted by Crippen LogP contribution is 2.28. The van der Waals surface area contributed by atoms with Gasteiger partial charge in [-0.05, 0) is 28.9 Å². The van der Waals surface area contributed by atoms with Crippen LogP contribution in [-0.2, 0) is 6.54 Å². The lowest BCUT2D eigenvalue weighted by Crippen LogP contribution is -2.21. The van der Waals surface area contributed by atoms with Crippen molar-refractivity contribution in [1.82, 2.24) is 15.3 Å². The summed E-state index contributed by atoms with van der Waals surface area (Å²) in [6.45, 7) is 7.23. The van der Waals surface area contributed by atoms with Crippen molar-refractivity contribution in [3.63, 3.8) is 0 Å². The van der Waals surface area contributed by atoms with Crippen LogP contribution in [0.3, 0.4) is 0 Å². The Balaban J connectivity index is 2.23. The molecule has 0 aliphatic heterocycles. The van der Waals surface area contributed by atoms with Gasteiger partial charge in [-0.1, -0.05) is 13.8 Å². The first-order chi connectivity index (χ1) is 8.56. The summed E-state index contributed by atoms with van der Waals surface area (Å²) in [5.41, 5.74) is 2.16. The van der Waals surface area contributed by atoms with Gasteiger partial charge in [0.05, 0.1) is 5.69 Å². The van der Waals surface area contributed by atoms with E-state index < -0.39 is 0 Å². The lowest BCUT2D eigenvalue weighted by molar-refractivity contribution is 0.591. The summed E-state index contributed by atoms with van der Waals surface area (Å²) < 4.78 is 0.981. The molecule has 0 saturated heterocycles. The number of nitrogens with zero attached hydrogens (tertiary/aromatic N) is 2. The van der Waals surface area contributed by atoms with Crippen LogP contribution < -0.4 is 5.32 Å². The predicted octanol–water partition coefficient (Wildman–Crippen LogP) is 3.77. The Morgan fingerprint density at radius 1 is 1.39 bits per heavy atom. The van der Waals surface area contributed by atoms with Crippen LogP contribution in [0.2, 0.25) is 0 Å². The van der Waals surface area contributed by atoms with E-state index in [1.54, 1.807) is 17.5 Å². The van der Waals surface area contributed by atoms with E-state index in [4.69, 9.17) is 0 Å². The zero-order valence-electron chi connectivity index (χ0n) is 10.7. The molecule has 0 atom stereocenters. The summed E-state index contributed by atoms with van der Waals surface area (Å²) in [5, 5.41) is 4.45. The lowest BCUT2D eigenvalue weighted by Gasteiger charge is -2.05. The standard InChI is InChI=1S/C13H16BrN3S/c1-8(2)16-7-12-9(3)17-13(18-12)10-4-11(14)6-15-5-10/h4-6,8,16H,7H2,1-3H3. The van der Waals surface area contributed by atoms with Crippen LogP contribution in [0.1, 0.15) is 24.4 Å². The predicted molar refractivity (Wildman–Crippen MR) is 79.8 cm³/mol. The average Bonchev–Trinajstić information content (AvgIpc) is 2.68. The molecule has 0 spiro atoms. The second-order valence-electron chi connectivity index (χ2n) is 4.46. The van der Waals surface area contributed by atoms with Crippen LogP contribution in [0, 0.1) is 6.92 Å². The maximum Gasteiger partial charge on any atom is 0.125 e. The fourth-order valence-electron chi connectivity index (χ4n) is 1.54. The summed E-state index contributed by atoms with van der Waals surface area (Å²) in [7, 11) is 0. The quantitative estimate of drug-likeness (QED) is 0.929. The molecule has 0 bridgehead atoms. The van der Waals surface area contributed by atoms with Crippen LogP contribution in [0.4, 0.5) is 0 Å². The molecular weight excluding hydrogens is 310 g/mol. The topological polar surface area (TPSA) is 37.8 Å². The third-order valence-corrected chi connectivity index (χ3v) is 4.16. The zero-order chi connectivity index (χ0) is 13.1. The normalized spacial score (nSPS) is 11.2. The molecule has 1 N–H and O–H groups in total. The highest BCUT2D eigenvalue weighted by atomic mass is 79.9. The summed E-state index contributed by atoms with van der Waals surface area (Å²) in [6, 6.07) is 2.53. The Hall–Kier alpha value is -0.780. The fraction of sp³-hybridized carbons (Fsp3) is 0.385. The molecule has 2 aromatic rings. The van der Waals surface area contributed by atoms with Gasteiger partial charge in [-0.3, -0.25) is 4.98 Å². The second-order valence-corrected chi connectivity index (χ2v) is 6.45. The van der Waals surface area contributed by atoms with E-state index in [1.165, 1.54) is 4.88 Å². The maximum absolute atomic E-state index is 4.62. The van der Waals surface area contributed by atoms with E-state index in [0.29, 0.717) is 6.04 Å². The zero-order valence-corrected chi connectivity index (χ0v) is 13.1. The van der Waals surface area contributed by atoms with Gasteiger partial charge in [-0.2, -0.15) is 0 Å². The minimum absolute atomic E-state index is 0.488. The number of thiazole rings is 1. The number of aromatic nitrogens is 2. The van der Waals surface area contributed by atoms with Crippen LogP contribution in [-0.4, -0.2) is 16.0 Å². The van der Waals surface area contributed by atoms with E-state index in [1.807, 2.05) is 12.3 Å². The van der Waals surface area contributed by atoms with Gasteiger partial charge in [-0.15, -0.1) is 11.3 Å². The smallest absolute Gasteiger partial charge is 0.125 e. The summed E-state index contributed by atoms with van der Waals surface area (Å²) in [6.07, 6.45) is 3.63. The minimum Gasteiger partial charge on any atom is -0.310 e. The molecule has 2 rings (SSSR count). The van der Waals surface area contributed by atoms with Crippen molar-refractivity contribution >= 4 is 27.3 Å². The van der Waals surface area contributed by atoms with Crippen molar-refractivity contribution in [2.75, 3.05) is 0 Å². The Morgan fingerprint density at radius 2 is 2.17 bits per heavy atom. The van der Waals surface area contributed by atoms with Crippen LogP contribution in [0.15, 0.2) is 22.9 Å². The molecule has 96 valence electrons. The molecule has 18 heavy (non-hydrogen) atoms. The van der Waals surface area contributed by atoms with Crippen molar-refractivity contribution in [3.05, 3.63) is 33.5 Å². The van der Waals surface area contributed by atoms with Gasteiger partial charge >= 0.3 is 0 Å². The van der Waals surface area contributed by atoms with Crippen molar-refractivity contribution in [3.8, 4) is 10.6 Å². The summed E-state index contributed by atoms with van der Waals surface area (Å²) >= 11 is 5.17. The van der Waals surface area contributed by atoms with E-state index in [9.17, 15) is 0 Å². The molecule has 0 radical (unpaired) electrons. The summed E-state index contributed by atoms with van der Waals surface area (Å²) in [5.74, 6) is 0. The minimum atomic E-state index is 0.488. The maximum atomic E-state index is 4.62. The van der Waals surface area contributed by atoms with Gasteiger partial charge in [0.1, 0.15) is 5.01 Å². The molecule has 2 heterocycles. The Bertz CT molecular complexity index is 537. The highest BCUT2D eigenvalue weighted by molar-refractivity contribution is 9.10. The first-order valence-corrected chi connectivity index (χ1v) is 7.48. The first kappa shape index (κ1) is 13.6. The third-order valence-electron chi connectivity index (χ3n) is 2.52. The number of halogens is 1. The number of pyridine rings is 1. The van der Waals surface area contributed by atoms with E-state index in [0.717, 1.165) is 27.3 Å². The number of hydrogen-bond acceptors (Lipinski definition) is 4. The van der Waals surface area contributed by atoms with E-state index in [-0.39, 0.29) is 0 Å². The van der Waals surface area contributed by atoms with Gasteiger partial charge in [0.15, 0.2) is 0 Å².